The van der Waals surface area contributed by atoms with Gasteiger partial charge in [-0.15, -0.1) is 0 Å². The minimum atomic E-state index is -1.83. The van der Waals surface area contributed by atoms with E-state index in [0.29, 0.717) is 0 Å². The second kappa shape index (κ2) is 15.8. The fourth-order valence-electron chi connectivity index (χ4n) is 0. The Kier molecular flexibility index (Phi) is 56.3. The molecule has 0 radical (unpaired) electrons. The molecule has 0 saturated carbocycles. The van der Waals surface area contributed by atoms with Gasteiger partial charge in [-0.1, -0.05) is 0 Å². The van der Waals surface area contributed by atoms with Crippen molar-refractivity contribution in [2.75, 3.05) is 0 Å². The summed E-state index contributed by atoms with van der Waals surface area (Å²) in [7, 11) is 0. The van der Waals surface area contributed by atoms with Gasteiger partial charge in [0, 0.05) is 0 Å². The van der Waals surface area contributed by atoms with E-state index in [9.17, 15) is 0 Å². The van der Waals surface area contributed by atoms with Crippen LogP contribution in [0.15, 0.2) is 0 Å². The van der Waals surface area contributed by atoms with Crippen molar-refractivity contribution in [2.45, 2.75) is 0 Å². The number of hydrogen-bond acceptors (Lipinski definition) is 2. The molecule has 0 aliphatic carbocycles. The maximum atomic E-state index is 8.56. The molecule has 0 aromatic heterocycles. The second-order valence-electron chi connectivity index (χ2n) is 0.283. The summed E-state index contributed by atoms with van der Waals surface area (Å²) in [5.74, 6) is 0. The van der Waals surface area contributed by atoms with Crippen molar-refractivity contribution >= 4 is 57.5 Å². The van der Waals surface area contributed by atoms with Gasteiger partial charge in [0.2, 0.25) is 0 Å². The SMILES string of the molecule is N.O.O=C(O)O.[KH]. The molecule has 0 rings (SSSR count). The van der Waals surface area contributed by atoms with E-state index in [1.165, 1.54) is 0 Å². The Morgan fingerprint density at radius 2 is 1.29 bits per heavy atom. The van der Waals surface area contributed by atoms with E-state index in [0.717, 1.165) is 0 Å². The first-order chi connectivity index (χ1) is 1.73. The number of hydrogen-bond donors (Lipinski definition) is 3. The van der Waals surface area contributed by atoms with Crippen LogP contribution in [0.3, 0.4) is 0 Å². The zero-order valence-electron chi connectivity index (χ0n) is 3.01. The molecule has 0 heterocycles. The van der Waals surface area contributed by atoms with Crippen LogP contribution in [0.1, 0.15) is 0 Å². The molecule has 42 valence electrons. The van der Waals surface area contributed by atoms with Gasteiger partial charge in [0.1, 0.15) is 0 Å². The summed E-state index contributed by atoms with van der Waals surface area (Å²) in [4.78, 5) is 8.56. The van der Waals surface area contributed by atoms with Gasteiger partial charge in [-0.3, -0.25) is 0 Å². The predicted octanol–water partition coefficient (Wildman–Crippen LogP) is -1.09. The molecule has 0 atom stereocenters. The Labute approximate surface area is 83.0 Å². The molecule has 0 fully saturated rings. The minimum absolute atomic E-state index is 0. The molecule has 5 nitrogen and oxygen atoms in total. The topological polar surface area (TPSA) is 124 Å². The predicted molar refractivity (Wildman–Crippen MR) is 26.4 cm³/mol. The van der Waals surface area contributed by atoms with Crippen molar-refractivity contribution < 1.29 is 20.5 Å². The molecule has 7 heavy (non-hydrogen) atoms. The van der Waals surface area contributed by atoms with Crippen LogP contribution in [0.2, 0.25) is 0 Å². The molecule has 0 amide bonds. The van der Waals surface area contributed by atoms with E-state index >= 15 is 0 Å². The third-order valence-corrected chi connectivity index (χ3v) is 0. The van der Waals surface area contributed by atoms with Gasteiger partial charge >= 0.3 is 57.5 Å². The Hall–Kier alpha value is 0.826. The molecule has 0 aromatic carbocycles. The molecule has 0 aliphatic heterocycles. The van der Waals surface area contributed by atoms with Crippen molar-refractivity contribution in [3.05, 3.63) is 0 Å². The third kappa shape index (κ3) is 233. The van der Waals surface area contributed by atoms with Crippen molar-refractivity contribution in [3.8, 4) is 0 Å². The van der Waals surface area contributed by atoms with Crippen LogP contribution < -0.4 is 6.15 Å². The summed E-state index contributed by atoms with van der Waals surface area (Å²) < 4.78 is 0. The second-order valence-corrected chi connectivity index (χ2v) is 0.283. The molecular formula is CH8KNO4. The first kappa shape index (κ1) is 24.9. The molecule has 0 saturated heterocycles. The van der Waals surface area contributed by atoms with Crippen molar-refractivity contribution in [1.29, 1.82) is 0 Å². The fraction of sp³-hybridized carbons (Fsp3) is 0. The molecular weight excluding hydrogens is 129 g/mol. The average molecular weight is 137 g/mol. The average Bonchev–Trinajstić information content (AvgIpc) is 0.811. The van der Waals surface area contributed by atoms with Crippen LogP contribution in [0.25, 0.3) is 0 Å². The molecule has 0 aliphatic rings. The number of rotatable bonds is 0. The quantitative estimate of drug-likeness (QED) is 0.367. The van der Waals surface area contributed by atoms with E-state index in [2.05, 4.69) is 0 Å². The molecule has 6 heteroatoms. The van der Waals surface area contributed by atoms with E-state index in [1.807, 2.05) is 0 Å². The molecule has 7 N–H and O–H groups in total. The van der Waals surface area contributed by atoms with Crippen molar-refractivity contribution in [1.82, 2.24) is 6.15 Å². The fourth-order valence-corrected chi connectivity index (χ4v) is 0. The molecule has 0 unspecified atom stereocenters. The van der Waals surface area contributed by atoms with Gasteiger partial charge < -0.3 is 21.8 Å². The summed E-state index contributed by atoms with van der Waals surface area (Å²) >= 11 is 0. The molecule has 0 bridgehead atoms. The van der Waals surface area contributed by atoms with Gasteiger partial charge in [-0.05, 0) is 0 Å². The summed E-state index contributed by atoms with van der Waals surface area (Å²) in [6.07, 6.45) is -1.83. The van der Waals surface area contributed by atoms with Crippen molar-refractivity contribution in [2.24, 2.45) is 0 Å². The van der Waals surface area contributed by atoms with Crippen LogP contribution >= 0.6 is 0 Å². The number of carbonyl (C=O) groups is 1. The summed E-state index contributed by atoms with van der Waals surface area (Å²) in [6, 6.07) is 0. The van der Waals surface area contributed by atoms with E-state index in [4.69, 9.17) is 15.0 Å². The van der Waals surface area contributed by atoms with Crippen LogP contribution in [0.4, 0.5) is 4.79 Å². The zero-order valence-corrected chi connectivity index (χ0v) is 3.01. The summed E-state index contributed by atoms with van der Waals surface area (Å²) in [5, 5.41) is 13.9. The van der Waals surface area contributed by atoms with E-state index < -0.39 is 6.16 Å². The van der Waals surface area contributed by atoms with Crippen molar-refractivity contribution in [3.63, 3.8) is 0 Å². The normalized spacial score (nSPS) is 3.43. The summed E-state index contributed by atoms with van der Waals surface area (Å²) in [5.41, 5.74) is 0. The van der Waals surface area contributed by atoms with Gasteiger partial charge in [0.05, 0.1) is 0 Å². The van der Waals surface area contributed by atoms with Crippen LogP contribution in [0, 0.1) is 0 Å². The standard InChI is InChI=1S/CH2O3.K.H3N.H2O.H/c2-1(3)4;;;;/h(H2,2,3,4);;1H3;1H2;. The monoisotopic (exact) mass is 137 g/mol. The Morgan fingerprint density at radius 3 is 1.29 bits per heavy atom. The van der Waals surface area contributed by atoms with Crippen LogP contribution in [-0.4, -0.2) is 73.2 Å². The van der Waals surface area contributed by atoms with E-state index in [-0.39, 0.29) is 63.0 Å². The van der Waals surface area contributed by atoms with Gasteiger partial charge in [-0.2, -0.15) is 0 Å². The Balaban J connectivity index is -0.0000000150. The van der Waals surface area contributed by atoms with E-state index in [1.54, 1.807) is 0 Å². The van der Waals surface area contributed by atoms with Crippen LogP contribution in [-0.2, 0) is 0 Å². The Morgan fingerprint density at radius 1 is 1.29 bits per heavy atom. The first-order valence-electron chi connectivity index (χ1n) is 0.651. The van der Waals surface area contributed by atoms with Gasteiger partial charge in [0.25, 0.3) is 0 Å². The van der Waals surface area contributed by atoms with Gasteiger partial charge in [-0.25, -0.2) is 4.79 Å². The third-order valence-electron chi connectivity index (χ3n) is 0. The Bertz CT molecular complexity index is 34.7. The number of carboxylic acid groups (broad SMARTS) is 2. The van der Waals surface area contributed by atoms with Crippen LogP contribution in [0.5, 0.6) is 0 Å². The maximum absolute atomic E-state index is 8.56. The summed E-state index contributed by atoms with van der Waals surface area (Å²) in [6.45, 7) is 0. The van der Waals surface area contributed by atoms with Gasteiger partial charge in [0.15, 0.2) is 0 Å². The molecule has 0 spiro atoms. The molecule has 0 aromatic rings. The zero-order chi connectivity index (χ0) is 3.58. The first-order valence-corrected chi connectivity index (χ1v) is 0.651.